The van der Waals surface area contributed by atoms with Crippen molar-refractivity contribution in [2.45, 2.75) is 39.5 Å². The molecule has 0 bridgehead atoms. The highest BCUT2D eigenvalue weighted by Crippen LogP contribution is 2.31. The fourth-order valence-corrected chi connectivity index (χ4v) is 2.81. The van der Waals surface area contributed by atoms with Gasteiger partial charge in [-0.1, -0.05) is 72.6 Å². The van der Waals surface area contributed by atoms with Crippen LogP contribution >= 0.6 is 15.9 Å². The van der Waals surface area contributed by atoms with Crippen LogP contribution in [0.3, 0.4) is 0 Å². The summed E-state index contributed by atoms with van der Waals surface area (Å²) < 4.78 is 1.34. The average molecular weight is 317 g/mol. The van der Waals surface area contributed by atoms with Gasteiger partial charge in [0.25, 0.3) is 0 Å². The van der Waals surface area contributed by atoms with Gasteiger partial charge in [0.1, 0.15) is 0 Å². The summed E-state index contributed by atoms with van der Waals surface area (Å²) in [4.78, 5) is 0. The zero-order chi connectivity index (χ0) is 13.7. The van der Waals surface area contributed by atoms with E-state index in [4.69, 9.17) is 0 Å². The molecular weight excluding hydrogens is 296 g/mol. The third-order valence-corrected chi connectivity index (χ3v) is 4.56. The highest BCUT2D eigenvalue weighted by atomic mass is 79.9. The molecule has 0 unspecified atom stereocenters. The molecule has 0 aromatic heterocycles. The molecule has 19 heavy (non-hydrogen) atoms. The quantitative estimate of drug-likeness (QED) is 0.587. The van der Waals surface area contributed by atoms with Gasteiger partial charge in [-0.15, -0.1) is 0 Å². The molecule has 0 N–H and O–H groups in total. The van der Waals surface area contributed by atoms with Crippen molar-refractivity contribution in [3.05, 3.63) is 52.5 Å². The smallest absolute Gasteiger partial charge is 0.00141 e. The Kier molecular flexibility index (Phi) is 5.21. The number of unbranched alkanes of at least 4 members (excludes halogenated alkanes) is 1. The summed E-state index contributed by atoms with van der Waals surface area (Å²) >= 11 is 3.75. The monoisotopic (exact) mass is 316 g/mol. The summed E-state index contributed by atoms with van der Waals surface area (Å²) in [5, 5.41) is 2.64. The Hall–Kier alpha value is -1.08. The first-order chi connectivity index (χ1) is 9.26. The molecular formula is C18H21Br. The van der Waals surface area contributed by atoms with E-state index in [1.807, 2.05) is 0 Å². The molecule has 0 spiro atoms. The normalized spacial score (nSPS) is 12.6. The minimum absolute atomic E-state index is 1.06. The van der Waals surface area contributed by atoms with E-state index in [0.717, 1.165) is 12.8 Å². The average Bonchev–Trinajstić information content (AvgIpc) is 2.47. The van der Waals surface area contributed by atoms with Crippen LogP contribution in [0, 0.1) is 0 Å². The first-order valence-corrected chi connectivity index (χ1v) is 7.92. The van der Waals surface area contributed by atoms with Gasteiger partial charge in [0.2, 0.25) is 0 Å². The number of allylic oxidation sites excluding steroid dienone is 2. The van der Waals surface area contributed by atoms with Gasteiger partial charge in [0, 0.05) is 0 Å². The van der Waals surface area contributed by atoms with Crippen molar-refractivity contribution < 1.29 is 0 Å². The molecule has 0 amide bonds. The molecule has 100 valence electrons. The zero-order valence-corrected chi connectivity index (χ0v) is 13.3. The van der Waals surface area contributed by atoms with Gasteiger partial charge in [-0.2, -0.15) is 0 Å². The van der Waals surface area contributed by atoms with Crippen LogP contribution in [0.1, 0.15) is 45.1 Å². The molecule has 1 heteroatoms. The van der Waals surface area contributed by atoms with Crippen LogP contribution in [0.25, 0.3) is 16.3 Å². The second-order valence-corrected chi connectivity index (χ2v) is 5.86. The maximum Gasteiger partial charge on any atom is -0.00141 e. The molecule has 0 aliphatic carbocycles. The lowest BCUT2D eigenvalue weighted by Crippen LogP contribution is -1.89. The van der Waals surface area contributed by atoms with Gasteiger partial charge in [0.05, 0.1) is 0 Å². The fourth-order valence-electron chi connectivity index (χ4n) is 2.38. The number of rotatable bonds is 5. The Morgan fingerprint density at radius 3 is 2.42 bits per heavy atom. The maximum atomic E-state index is 3.75. The summed E-state index contributed by atoms with van der Waals surface area (Å²) in [6.07, 6.45) is 4.70. The molecule has 2 aromatic rings. The van der Waals surface area contributed by atoms with Crippen molar-refractivity contribution in [3.8, 4) is 0 Å². The number of benzene rings is 2. The number of hydrogen-bond acceptors (Lipinski definition) is 0. The number of halogens is 1. The maximum absolute atomic E-state index is 3.75. The van der Waals surface area contributed by atoms with Gasteiger partial charge >= 0.3 is 0 Å². The third kappa shape index (κ3) is 3.48. The predicted molar refractivity (Wildman–Crippen MR) is 89.6 cm³/mol. The van der Waals surface area contributed by atoms with Crippen molar-refractivity contribution in [3.63, 3.8) is 0 Å². The lowest BCUT2D eigenvalue weighted by molar-refractivity contribution is 0.822. The summed E-state index contributed by atoms with van der Waals surface area (Å²) in [5.41, 5.74) is 2.83. The van der Waals surface area contributed by atoms with Crippen molar-refractivity contribution >= 4 is 32.3 Å². The highest BCUT2D eigenvalue weighted by Gasteiger charge is 2.07. The van der Waals surface area contributed by atoms with E-state index in [0.29, 0.717) is 0 Å². The topological polar surface area (TPSA) is 0 Å². The molecule has 0 fully saturated rings. The molecule has 0 heterocycles. The molecule has 0 aliphatic rings. The standard InChI is InChI=1S/C18H21Br/c1-3-5-10-17(18(19)4-2)16-12-11-14-8-6-7-9-15(14)13-16/h6-9,11-13H,3-5,10H2,1-2H3/b18-17+. The summed E-state index contributed by atoms with van der Waals surface area (Å²) in [5.74, 6) is 0. The van der Waals surface area contributed by atoms with Crippen LogP contribution in [0.4, 0.5) is 0 Å². The molecule has 0 saturated heterocycles. The van der Waals surface area contributed by atoms with Crippen LogP contribution < -0.4 is 0 Å². The lowest BCUT2D eigenvalue weighted by Gasteiger charge is -2.11. The van der Waals surface area contributed by atoms with E-state index in [1.54, 1.807) is 0 Å². The van der Waals surface area contributed by atoms with Gasteiger partial charge in [-0.3, -0.25) is 0 Å². The van der Waals surface area contributed by atoms with Gasteiger partial charge in [-0.05, 0) is 51.7 Å². The van der Waals surface area contributed by atoms with E-state index in [1.165, 1.54) is 39.2 Å². The minimum Gasteiger partial charge on any atom is -0.0654 e. The van der Waals surface area contributed by atoms with E-state index in [2.05, 4.69) is 72.2 Å². The molecule has 0 radical (unpaired) electrons. The highest BCUT2D eigenvalue weighted by molar-refractivity contribution is 9.11. The van der Waals surface area contributed by atoms with Gasteiger partial charge in [-0.25, -0.2) is 0 Å². The van der Waals surface area contributed by atoms with E-state index in [-0.39, 0.29) is 0 Å². The Bertz CT molecular complexity index is 581. The molecule has 0 aliphatic heterocycles. The van der Waals surface area contributed by atoms with Crippen LogP contribution in [0.5, 0.6) is 0 Å². The van der Waals surface area contributed by atoms with Crippen LogP contribution in [-0.4, -0.2) is 0 Å². The largest absolute Gasteiger partial charge is 0.0654 e. The second-order valence-electron chi connectivity index (χ2n) is 4.90. The second kappa shape index (κ2) is 6.91. The Morgan fingerprint density at radius 2 is 1.74 bits per heavy atom. The minimum atomic E-state index is 1.06. The van der Waals surface area contributed by atoms with Crippen molar-refractivity contribution in [1.29, 1.82) is 0 Å². The Morgan fingerprint density at radius 1 is 1.00 bits per heavy atom. The first kappa shape index (κ1) is 14.3. The summed E-state index contributed by atoms with van der Waals surface area (Å²) in [6, 6.07) is 15.4. The molecule has 2 aromatic carbocycles. The van der Waals surface area contributed by atoms with Crippen molar-refractivity contribution in [2.75, 3.05) is 0 Å². The Labute approximate surface area is 124 Å². The van der Waals surface area contributed by atoms with Gasteiger partial charge < -0.3 is 0 Å². The number of fused-ring (bicyclic) bond motifs is 1. The van der Waals surface area contributed by atoms with Crippen LogP contribution in [-0.2, 0) is 0 Å². The lowest BCUT2D eigenvalue weighted by atomic mass is 9.96. The molecule has 0 atom stereocenters. The van der Waals surface area contributed by atoms with E-state index < -0.39 is 0 Å². The molecule has 0 saturated carbocycles. The Balaban J connectivity index is 2.44. The van der Waals surface area contributed by atoms with Crippen LogP contribution in [0.15, 0.2) is 46.9 Å². The first-order valence-electron chi connectivity index (χ1n) is 7.13. The predicted octanol–water partition coefficient (Wildman–Crippen LogP) is 6.55. The molecule has 2 rings (SSSR count). The van der Waals surface area contributed by atoms with Crippen molar-refractivity contribution in [1.82, 2.24) is 0 Å². The van der Waals surface area contributed by atoms with Crippen LogP contribution in [0.2, 0.25) is 0 Å². The zero-order valence-electron chi connectivity index (χ0n) is 11.7. The summed E-state index contributed by atoms with van der Waals surface area (Å²) in [6.45, 7) is 4.45. The molecule has 0 nitrogen and oxygen atoms in total. The SMILES string of the molecule is CCCC/C(=C(\Br)CC)c1ccc2ccccc2c1. The third-order valence-electron chi connectivity index (χ3n) is 3.52. The summed E-state index contributed by atoms with van der Waals surface area (Å²) in [7, 11) is 0. The van der Waals surface area contributed by atoms with Gasteiger partial charge in [0.15, 0.2) is 0 Å². The fraction of sp³-hybridized carbons (Fsp3) is 0.333. The van der Waals surface area contributed by atoms with E-state index >= 15 is 0 Å². The van der Waals surface area contributed by atoms with E-state index in [9.17, 15) is 0 Å². The van der Waals surface area contributed by atoms with Crippen molar-refractivity contribution in [2.24, 2.45) is 0 Å². The number of hydrogen-bond donors (Lipinski definition) is 0.